The van der Waals surface area contributed by atoms with Crippen LogP contribution in [0, 0.1) is 0 Å². The molecule has 1 atom stereocenters. The van der Waals surface area contributed by atoms with Crippen LogP contribution in [0.15, 0.2) is 28.7 Å². The lowest BCUT2D eigenvalue weighted by Crippen LogP contribution is -2.50. The quantitative estimate of drug-likeness (QED) is 0.119. The number of anilines is 1. The Morgan fingerprint density at radius 2 is 2.03 bits per heavy atom. The molecule has 0 aliphatic carbocycles. The number of carbonyl (C=O) groups excluding carboxylic acids is 2. The highest BCUT2D eigenvalue weighted by Gasteiger charge is 2.30. The minimum atomic E-state index is -2.06. The number of hydrogen-bond acceptors (Lipinski definition) is 11. The number of aromatic carboxylic acids is 1. The molecule has 0 saturated carbocycles. The molecule has 0 saturated heterocycles. The number of oxime groups is 1. The number of para-hydroxylation sites is 1. The first kappa shape index (κ1) is 27.8. The van der Waals surface area contributed by atoms with E-state index in [-0.39, 0.29) is 53.0 Å². The maximum atomic E-state index is 12.7. The van der Waals surface area contributed by atoms with Gasteiger partial charge in [-0.1, -0.05) is 17.3 Å². The summed E-state index contributed by atoms with van der Waals surface area (Å²) in [4.78, 5) is 44.0. The van der Waals surface area contributed by atoms with Gasteiger partial charge in [-0.15, -0.1) is 23.7 Å². The highest BCUT2D eigenvalue weighted by molar-refractivity contribution is 7.14. The zero-order valence-corrected chi connectivity index (χ0v) is 18.7. The lowest BCUT2D eigenvalue weighted by molar-refractivity contribution is -0.115. The fourth-order valence-electron chi connectivity index (χ4n) is 2.54. The second-order valence-corrected chi connectivity index (χ2v) is 7.09. The van der Waals surface area contributed by atoms with E-state index in [1.165, 1.54) is 30.7 Å². The van der Waals surface area contributed by atoms with Gasteiger partial charge in [0.1, 0.15) is 24.1 Å². The number of hydrogen-bond donors (Lipinski definition) is 7. The van der Waals surface area contributed by atoms with Crippen LogP contribution in [0.5, 0.6) is 5.75 Å². The van der Waals surface area contributed by atoms with Crippen molar-refractivity contribution in [2.45, 2.75) is 12.4 Å². The maximum Gasteiger partial charge on any atom is 0.475 e. The average molecular weight is 502 g/mol. The van der Waals surface area contributed by atoms with Crippen molar-refractivity contribution in [2.24, 2.45) is 10.9 Å². The number of nitrogens with two attached hydrogens (primary N) is 1. The van der Waals surface area contributed by atoms with Gasteiger partial charge in [0.05, 0.1) is 12.5 Å². The zero-order chi connectivity index (χ0) is 23.8. The second-order valence-electron chi connectivity index (χ2n) is 6.23. The van der Waals surface area contributed by atoms with Crippen LogP contribution < -0.4 is 16.4 Å². The predicted molar refractivity (Wildman–Crippen MR) is 121 cm³/mol. The van der Waals surface area contributed by atoms with Crippen LogP contribution in [0.4, 0.5) is 5.13 Å². The smallest absolute Gasteiger partial charge is 0.475 e. The zero-order valence-electron chi connectivity index (χ0n) is 17.1. The number of carbonyl (C=O) groups is 3. The first-order valence-corrected chi connectivity index (χ1v) is 9.84. The molecule has 0 radical (unpaired) electrons. The minimum Gasteiger partial charge on any atom is -0.507 e. The number of halogens is 1. The summed E-state index contributed by atoms with van der Waals surface area (Å²) in [6.45, 7) is -0.263. The van der Waals surface area contributed by atoms with Gasteiger partial charge in [-0.2, -0.15) is 0 Å². The molecule has 0 spiro atoms. The third-order valence-electron chi connectivity index (χ3n) is 4.04. The summed E-state index contributed by atoms with van der Waals surface area (Å²) in [6.07, 6.45) is -0.314. The van der Waals surface area contributed by atoms with Crippen LogP contribution in [0.1, 0.15) is 21.6 Å². The first-order chi connectivity index (χ1) is 15.2. The van der Waals surface area contributed by atoms with E-state index in [1.54, 1.807) is 0 Å². The van der Waals surface area contributed by atoms with E-state index in [9.17, 15) is 29.5 Å². The van der Waals surface area contributed by atoms with E-state index >= 15 is 0 Å². The van der Waals surface area contributed by atoms with Gasteiger partial charge in [0.2, 0.25) is 5.91 Å². The van der Waals surface area contributed by atoms with E-state index in [4.69, 9.17) is 10.8 Å². The molecular formula is C17H21BClN5O8S. The van der Waals surface area contributed by atoms with Gasteiger partial charge >= 0.3 is 13.1 Å². The number of amides is 2. The molecule has 1 aromatic heterocycles. The van der Waals surface area contributed by atoms with E-state index in [2.05, 4.69) is 25.6 Å². The largest absolute Gasteiger partial charge is 0.507 e. The Kier molecular flexibility index (Phi) is 10.7. The molecule has 2 amide bonds. The van der Waals surface area contributed by atoms with Crippen molar-refractivity contribution in [3.63, 3.8) is 0 Å². The average Bonchev–Trinajstić information content (AvgIpc) is 3.20. The number of nitrogens with zero attached hydrogens (tertiary/aromatic N) is 2. The summed E-state index contributed by atoms with van der Waals surface area (Å²) in [5, 5.41) is 48.6. The standard InChI is InChI=1S/C17H20BN5O8S.ClH/c1-31-23-13(10-7-32-17(20-10)22-12(24)6-19)15(26)21-11(18(29)30)5-8-3-2-4-9(14(8)25)16(27)28;/h2-4,7,11,25,29-30H,5-6,19H2,1H3,(H,21,26)(H,27,28)(H,20,22,24);1H/b23-13-;/t11-;/m0./s1. The lowest BCUT2D eigenvalue weighted by atomic mass is 9.75. The normalized spacial score (nSPS) is 11.7. The highest BCUT2D eigenvalue weighted by Crippen LogP contribution is 2.24. The highest BCUT2D eigenvalue weighted by atomic mass is 35.5. The van der Waals surface area contributed by atoms with Crippen molar-refractivity contribution < 1.29 is 39.5 Å². The number of benzene rings is 1. The summed E-state index contributed by atoms with van der Waals surface area (Å²) in [5.74, 6) is -4.68. The number of aromatic nitrogens is 1. The fraction of sp³-hybridized carbons (Fsp3) is 0.235. The van der Waals surface area contributed by atoms with E-state index in [0.717, 1.165) is 11.3 Å². The van der Waals surface area contributed by atoms with Crippen LogP contribution >= 0.6 is 23.7 Å². The topological polar surface area (TPSA) is 217 Å². The fourth-order valence-corrected chi connectivity index (χ4v) is 3.25. The first-order valence-electron chi connectivity index (χ1n) is 8.96. The van der Waals surface area contributed by atoms with Gasteiger partial charge in [0, 0.05) is 5.38 Å². The lowest BCUT2D eigenvalue weighted by Gasteiger charge is -2.19. The third kappa shape index (κ3) is 7.40. The number of thiazole rings is 1. The van der Waals surface area contributed by atoms with Crippen molar-refractivity contribution in [3.05, 3.63) is 40.4 Å². The summed E-state index contributed by atoms with van der Waals surface area (Å²) in [7, 11) is -0.879. The number of phenols is 1. The maximum absolute atomic E-state index is 12.7. The molecule has 1 aromatic carbocycles. The number of aromatic hydroxyl groups is 1. The number of carboxylic acid groups (broad SMARTS) is 1. The van der Waals surface area contributed by atoms with Crippen LogP contribution in [0.2, 0.25) is 0 Å². The molecule has 33 heavy (non-hydrogen) atoms. The number of nitrogens with one attached hydrogen (secondary N) is 2. The Morgan fingerprint density at radius 3 is 2.61 bits per heavy atom. The summed E-state index contributed by atoms with van der Waals surface area (Å²) < 4.78 is 0. The van der Waals surface area contributed by atoms with Gasteiger partial charge in [-0.25, -0.2) is 9.78 Å². The van der Waals surface area contributed by atoms with Crippen LogP contribution in [0.3, 0.4) is 0 Å². The Hall–Kier alpha value is -3.24. The summed E-state index contributed by atoms with van der Waals surface area (Å²) in [5.41, 5.74) is 4.61. The molecule has 16 heteroatoms. The van der Waals surface area contributed by atoms with Gasteiger partial charge in [-0.05, 0) is 18.1 Å². The van der Waals surface area contributed by atoms with Crippen LogP contribution in [0.25, 0.3) is 0 Å². The summed E-state index contributed by atoms with van der Waals surface area (Å²) in [6, 6.07) is 3.92. The molecule has 8 N–H and O–H groups in total. The number of rotatable bonds is 10. The van der Waals surface area contributed by atoms with E-state index in [1.807, 2.05) is 0 Å². The van der Waals surface area contributed by atoms with E-state index in [0.29, 0.717) is 0 Å². The van der Waals surface area contributed by atoms with E-state index < -0.39 is 36.6 Å². The molecule has 0 bridgehead atoms. The van der Waals surface area contributed by atoms with Crippen molar-refractivity contribution in [3.8, 4) is 5.75 Å². The molecule has 1 heterocycles. The number of carboxylic acids is 1. The molecular weight excluding hydrogens is 481 g/mol. The summed E-state index contributed by atoms with van der Waals surface area (Å²) >= 11 is 0.996. The molecule has 2 aromatic rings. The predicted octanol–water partition coefficient (Wildman–Crippen LogP) is -1.04. The van der Waals surface area contributed by atoms with Crippen molar-refractivity contribution in [2.75, 3.05) is 19.0 Å². The van der Waals surface area contributed by atoms with Gasteiger partial charge in [0.25, 0.3) is 5.91 Å². The van der Waals surface area contributed by atoms with Crippen molar-refractivity contribution in [1.29, 1.82) is 0 Å². The third-order valence-corrected chi connectivity index (χ3v) is 4.80. The minimum absolute atomic E-state index is 0. The Morgan fingerprint density at radius 1 is 1.33 bits per heavy atom. The Bertz CT molecular complexity index is 1030. The molecule has 178 valence electrons. The SMILES string of the molecule is CO/N=C(\C(=O)N[C@@H](Cc1cccc(C(=O)O)c1O)B(O)O)c1csc(NC(=O)CN)n1.Cl. The van der Waals surface area contributed by atoms with Crippen LogP contribution in [-0.4, -0.2) is 75.5 Å². The van der Waals surface area contributed by atoms with Gasteiger partial charge < -0.3 is 41.5 Å². The van der Waals surface area contributed by atoms with Crippen molar-refractivity contribution >= 4 is 59.5 Å². The molecule has 13 nitrogen and oxygen atoms in total. The molecule has 2 rings (SSSR count). The Balaban J connectivity index is 0.00000544. The molecule has 0 aliphatic rings. The van der Waals surface area contributed by atoms with Crippen molar-refractivity contribution in [1.82, 2.24) is 10.3 Å². The van der Waals surface area contributed by atoms with Crippen LogP contribution in [-0.2, 0) is 20.8 Å². The second kappa shape index (κ2) is 12.7. The molecule has 0 fully saturated rings. The Labute approximate surface area is 197 Å². The van der Waals surface area contributed by atoms with Gasteiger partial charge in [-0.3, -0.25) is 9.59 Å². The molecule has 0 unspecified atom stereocenters. The molecule has 0 aliphatic heterocycles. The monoisotopic (exact) mass is 501 g/mol. The van der Waals surface area contributed by atoms with Gasteiger partial charge in [0.15, 0.2) is 10.8 Å².